The number of furan rings is 1. The summed E-state index contributed by atoms with van der Waals surface area (Å²) in [5.41, 5.74) is 16.8. The molecule has 0 radical (unpaired) electrons. The van der Waals surface area contributed by atoms with Crippen molar-refractivity contribution in [2.75, 3.05) is 0 Å². The zero-order chi connectivity index (χ0) is 37.5. The summed E-state index contributed by atoms with van der Waals surface area (Å²) in [6.45, 7) is 0. The summed E-state index contributed by atoms with van der Waals surface area (Å²) in [6, 6.07) is 59.7. The minimum atomic E-state index is 0.155. The Balaban J connectivity index is 0.937. The lowest BCUT2D eigenvalue weighted by Gasteiger charge is -2.42. The SMILES string of the molecule is c1ccc(-c2nc(-c3ccc(-c4ccc5c(c4)C4c6ccccc6C5c5cc(-c6cccnn6)ccc54)cc3)nc(-c3cccc4c3oc3ccccc34)n2)cc1. The van der Waals surface area contributed by atoms with Gasteiger partial charge in [0.15, 0.2) is 17.5 Å². The number of fused-ring (bicyclic) bond motifs is 3. The summed E-state index contributed by atoms with van der Waals surface area (Å²) >= 11 is 0. The molecule has 0 fully saturated rings. The topological polar surface area (TPSA) is 77.6 Å². The Bertz CT molecular complexity index is 3190. The van der Waals surface area contributed by atoms with Crippen molar-refractivity contribution in [3.63, 3.8) is 0 Å². The Labute approximate surface area is 328 Å². The molecule has 7 aromatic carbocycles. The predicted molar refractivity (Wildman–Crippen MR) is 225 cm³/mol. The van der Waals surface area contributed by atoms with Gasteiger partial charge in [-0.2, -0.15) is 10.2 Å². The second kappa shape index (κ2) is 12.5. The van der Waals surface area contributed by atoms with E-state index in [9.17, 15) is 0 Å². The fourth-order valence-corrected chi connectivity index (χ4v) is 9.09. The van der Waals surface area contributed by atoms with E-state index in [4.69, 9.17) is 19.4 Å². The Morgan fingerprint density at radius 1 is 0.386 bits per heavy atom. The zero-order valence-electron chi connectivity index (χ0n) is 30.5. The van der Waals surface area contributed by atoms with Gasteiger partial charge in [-0.15, -0.1) is 0 Å². The molecule has 3 aliphatic carbocycles. The van der Waals surface area contributed by atoms with Crippen LogP contribution < -0.4 is 0 Å². The molecular formula is C51H31N5O. The smallest absolute Gasteiger partial charge is 0.167 e. The van der Waals surface area contributed by atoms with Gasteiger partial charge in [-0.3, -0.25) is 0 Å². The largest absolute Gasteiger partial charge is 0.455 e. The minimum Gasteiger partial charge on any atom is -0.455 e. The van der Waals surface area contributed by atoms with Gasteiger partial charge in [0.05, 0.1) is 11.3 Å². The summed E-state index contributed by atoms with van der Waals surface area (Å²) in [7, 11) is 0. The Kier molecular flexibility index (Phi) is 6.95. The van der Waals surface area contributed by atoms with Crippen molar-refractivity contribution < 1.29 is 4.42 Å². The van der Waals surface area contributed by atoms with Gasteiger partial charge in [-0.25, -0.2) is 15.0 Å². The normalized spacial score (nSPS) is 15.0. The highest BCUT2D eigenvalue weighted by Crippen LogP contribution is 2.56. The van der Waals surface area contributed by atoms with Crippen LogP contribution in [0.3, 0.4) is 0 Å². The molecule has 2 atom stereocenters. The van der Waals surface area contributed by atoms with Crippen LogP contribution in [0.15, 0.2) is 180 Å². The molecule has 2 bridgehead atoms. The van der Waals surface area contributed by atoms with Crippen LogP contribution >= 0.6 is 0 Å². The molecule has 6 nitrogen and oxygen atoms in total. The molecule has 0 aliphatic heterocycles. The lowest BCUT2D eigenvalue weighted by Crippen LogP contribution is -2.27. The van der Waals surface area contributed by atoms with E-state index in [1.165, 1.54) is 38.9 Å². The number of rotatable bonds is 5. The maximum absolute atomic E-state index is 6.41. The number of hydrogen-bond donors (Lipinski definition) is 0. The predicted octanol–water partition coefficient (Wildman–Crippen LogP) is 11.9. The van der Waals surface area contributed by atoms with E-state index < -0.39 is 0 Å². The first kappa shape index (κ1) is 31.7. The molecule has 3 heterocycles. The molecule has 266 valence electrons. The molecular weight excluding hydrogens is 699 g/mol. The van der Waals surface area contributed by atoms with Crippen molar-refractivity contribution in [3.8, 4) is 56.5 Å². The van der Waals surface area contributed by atoms with Gasteiger partial charge >= 0.3 is 0 Å². The maximum atomic E-state index is 6.41. The molecule has 0 N–H and O–H groups in total. The van der Waals surface area contributed by atoms with Crippen molar-refractivity contribution in [1.82, 2.24) is 25.1 Å². The average molecular weight is 730 g/mol. The van der Waals surface area contributed by atoms with Crippen LogP contribution in [0.25, 0.3) is 78.5 Å². The van der Waals surface area contributed by atoms with Crippen molar-refractivity contribution in [3.05, 3.63) is 209 Å². The summed E-state index contributed by atoms with van der Waals surface area (Å²) in [6.07, 6.45) is 1.72. The number of nitrogens with zero attached hydrogens (tertiary/aromatic N) is 5. The summed E-state index contributed by atoms with van der Waals surface area (Å²) in [5.74, 6) is 2.10. The molecule has 57 heavy (non-hydrogen) atoms. The molecule has 3 aliphatic rings. The minimum absolute atomic E-state index is 0.155. The Hall–Kier alpha value is -7.57. The summed E-state index contributed by atoms with van der Waals surface area (Å²) < 4.78 is 6.41. The van der Waals surface area contributed by atoms with Crippen LogP contribution in [0, 0.1) is 0 Å². The average Bonchev–Trinajstić information content (AvgIpc) is 3.68. The fraction of sp³-hybridized carbons (Fsp3) is 0.0392. The van der Waals surface area contributed by atoms with E-state index in [1.807, 2.05) is 72.8 Å². The van der Waals surface area contributed by atoms with Gasteiger partial charge < -0.3 is 4.42 Å². The number of hydrogen-bond acceptors (Lipinski definition) is 6. The summed E-state index contributed by atoms with van der Waals surface area (Å²) in [4.78, 5) is 15.1. The molecule has 0 spiro atoms. The third kappa shape index (κ3) is 5.00. The highest BCUT2D eigenvalue weighted by molar-refractivity contribution is 6.09. The standard InChI is InChI=1S/C51H31N5O/c1-2-10-31(11-3-1)49-53-50(55-51(54-49)41-16-8-15-40-35-12-6-7-18-45(35)57-48(40)41)32-21-19-30(20-22-32)33-23-25-38-42(28-33)46-36-13-4-5-14-37(36)47(38)43-29-34(24-26-39(43)46)44-17-9-27-52-56-44/h1-29,46-47H. The van der Waals surface area contributed by atoms with Gasteiger partial charge in [0.25, 0.3) is 0 Å². The number of aromatic nitrogens is 5. The van der Waals surface area contributed by atoms with Gasteiger partial charge in [-0.05, 0) is 80.9 Å². The van der Waals surface area contributed by atoms with Crippen LogP contribution in [0.4, 0.5) is 0 Å². The molecule has 2 unspecified atom stereocenters. The van der Waals surface area contributed by atoms with E-state index in [1.54, 1.807) is 6.20 Å². The molecule has 3 aromatic heterocycles. The third-order valence-corrected chi connectivity index (χ3v) is 11.7. The first-order chi connectivity index (χ1) is 28.2. The van der Waals surface area contributed by atoms with Gasteiger partial charge in [0.1, 0.15) is 11.2 Å². The van der Waals surface area contributed by atoms with Crippen LogP contribution in [-0.2, 0) is 0 Å². The molecule has 0 saturated carbocycles. The van der Waals surface area contributed by atoms with E-state index in [0.29, 0.717) is 17.5 Å². The van der Waals surface area contributed by atoms with Crippen LogP contribution in [-0.4, -0.2) is 25.1 Å². The van der Waals surface area contributed by atoms with Crippen molar-refractivity contribution in [2.45, 2.75) is 11.8 Å². The van der Waals surface area contributed by atoms with Crippen LogP contribution in [0.5, 0.6) is 0 Å². The molecule has 0 saturated heterocycles. The van der Waals surface area contributed by atoms with E-state index in [2.05, 4.69) is 107 Å². The van der Waals surface area contributed by atoms with Crippen molar-refractivity contribution >= 4 is 21.9 Å². The number of benzene rings is 7. The Morgan fingerprint density at radius 3 is 1.70 bits per heavy atom. The third-order valence-electron chi connectivity index (χ3n) is 11.7. The van der Waals surface area contributed by atoms with Crippen LogP contribution in [0.2, 0.25) is 0 Å². The van der Waals surface area contributed by atoms with Crippen LogP contribution in [0.1, 0.15) is 45.2 Å². The second-order valence-corrected chi connectivity index (χ2v) is 14.8. The lowest BCUT2D eigenvalue weighted by molar-refractivity contribution is 0.669. The molecule has 6 heteroatoms. The summed E-state index contributed by atoms with van der Waals surface area (Å²) in [5, 5.41) is 10.7. The van der Waals surface area contributed by atoms with Crippen molar-refractivity contribution in [1.29, 1.82) is 0 Å². The first-order valence-electron chi connectivity index (χ1n) is 19.2. The lowest BCUT2D eigenvalue weighted by atomic mass is 9.60. The molecule has 13 rings (SSSR count). The highest BCUT2D eigenvalue weighted by atomic mass is 16.3. The van der Waals surface area contributed by atoms with E-state index >= 15 is 0 Å². The van der Waals surface area contributed by atoms with E-state index in [0.717, 1.165) is 55.4 Å². The highest BCUT2D eigenvalue weighted by Gasteiger charge is 2.41. The second-order valence-electron chi connectivity index (χ2n) is 14.8. The first-order valence-corrected chi connectivity index (χ1v) is 19.2. The zero-order valence-corrected chi connectivity index (χ0v) is 30.5. The van der Waals surface area contributed by atoms with Crippen molar-refractivity contribution in [2.24, 2.45) is 0 Å². The van der Waals surface area contributed by atoms with Gasteiger partial charge in [0, 0.05) is 45.5 Å². The number of para-hydroxylation sites is 2. The molecule has 0 amide bonds. The fourth-order valence-electron chi connectivity index (χ4n) is 9.09. The van der Waals surface area contributed by atoms with Gasteiger partial charge in [0.2, 0.25) is 0 Å². The molecule has 10 aromatic rings. The van der Waals surface area contributed by atoms with Gasteiger partial charge in [-0.1, -0.05) is 133 Å². The van der Waals surface area contributed by atoms with E-state index in [-0.39, 0.29) is 11.8 Å². The monoisotopic (exact) mass is 729 g/mol. The quantitative estimate of drug-likeness (QED) is 0.175. The maximum Gasteiger partial charge on any atom is 0.167 e. The Morgan fingerprint density at radius 2 is 0.965 bits per heavy atom.